The number of nitrogens with two attached hydrogens (primary N) is 1. The fourth-order valence-electron chi connectivity index (χ4n) is 2.11. The third kappa shape index (κ3) is 1.94. The van der Waals surface area contributed by atoms with Crippen LogP contribution < -0.4 is 5.73 Å². The molecule has 3 rings (SSSR count). The fraction of sp³-hybridized carbons (Fsp3) is 0.143. The van der Waals surface area contributed by atoms with E-state index >= 15 is 0 Å². The molecule has 0 aliphatic heterocycles. The van der Waals surface area contributed by atoms with Crippen LogP contribution in [0.25, 0.3) is 16.9 Å². The molecule has 0 amide bonds. The van der Waals surface area contributed by atoms with Crippen LogP contribution in [-0.4, -0.2) is 19.5 Å². The predicted molar refractivity (Wildman–Crippen MR) is 73.5 cm³/mol. The van der Waals surface area contributed by atoms with Gasteiger partial charge in [0.05, 0.1) is 30.4 Å². The number of benzene rings is 1. The number of aliphatic hydroxyl groups is 1. The lowest BCUT2D eigenvalue weighted by Gasteiger charge is -2.02. The maximum absolute atomic E-state index is 9.59. The van der Waals surface area contributed by atoms with E-state index in [0.717, 1.165) is 11.3 Å². The molecule has 0 unspecified atom stereocenters. The van der Waals surface area contributed by atoms with Gasteiger partial charge in [0.2, 0.25) is 0 Å². The molecule has 19 heavy (non-hydrogen) atoms. The molecule has 0 atom stereocenters. The predicted octanol–water partition coefficient (Wildman–Crippen LogP) is 1.78. The average Bonchev–Trinajstić information content (AvgIpc) is 2.77. The van der Waals surface area contributed by atoms with Crippen LogP contribution in [0, 0.1) is 6.92 Å². The molecule has 2 aromatic heterocycles. The number of anilines is 1. The van der Waals surface area contributed by atoms with Crippen LogP contribution in [0.2, 0.25) is 0 Å². The molecule has 3 N–H and O–H groups in total. The molecule has 2 heterocycles. The summed E-state index contributed by atoms with van der Waals surface area (Å²) in [5.74, 6) is 0.398. The molecule has 0 bridgehead atoms. The first-order valence-electron chi connectivity index (χ1n) is 5.99. The van der Waals surface area contributed by atoms with E-state index in [1.807, 2.05) is 31.2 Å². The minimum absolute atomic E-state index is 0.103. The van der Waals surface area contributed by atoms with Gasteiger partial charge in [0.1, 0.15) is 5.82 Å². The molecule has 5 heteroatoms. The van der Waals surface area contributed by atoms with Gasteiger partial charge in [-0.05, 0) is 6.92 Å². The quantitative estimate of drug-likeness (QED) is 0.730. The first kappa shape index (κ1) is 11.7. The summed E-state index contributed by atoms with van der Waals surface area (Å²) in [6.07, 6.45) is 3.28. The lowest BCUT2D eigenvalue weighted by atomic mass is 10.1. The number of hydrogen-bond donors (Lipinski definition) is 2. The van der Waals surface area contributed by atoms with Crippen molar-refractivity contribution >= 4 is 11.5 Å². The molecule has 3 aromatic rings. The normalized spacial score (nSPS) is 11.1. The molecule has 0 saturated heterocycles. The van der Waals surface area contributed by atoms with E-state index in [1.54, 1.807) is 16.8 Å². The van der Waals surface area contributed by atoms with Gasteiger partial charge in [-0.25, -0.2) is 9.97 Å². The number of imidazole rings is 1. The molecule has 0 saturated carbocycles. The van der Waals surface area contributed by atoms with Crippen molar-refractivity contribution in [2.24, 2.45) is 0 Å². The maximum atomic E-state index is 9.59. The Hall–Kier alpha value is -2.40. The van der Waals surface area contributed by atoms with Gasteiger partial charge in [0.15, 0.2) is 5.65 Å². The second-order valence-corrected chi connectivity index (χ2v) is 4.47. The van der Waals surface area contributed by atoms with Crippen LogP contribution in [0.4, 0.5) is 5.82 Å². The maximum Gasteiger partial charge on any atom is 0.156 e. The van der Waals surface area contributed by atoms with Crippen LogP contribution in [0.5, 0.6) is 0 Å². The topological polar surface area (TPSA) is 76.4 Å². The Kier molecular flexibility index (Phi) is 2.68. The summed E-state index contributed by atoms with van der Waals surface area (Å²) >= 11 is 0. The summed E-state index contributed by atoms with van der Waals surface area (Å²) in [6.45, 7) is 1.93. The summed E-state index contributed by atoms with van der Waals surface area (Å²) in [5, 5.41) is 9.59. The third-order valence-corrected chi connectivity index (χ3v) is 3.10. The minimum Gasteiger partial charge on any atom is -0.390 e. The zero-order valence-electron chi connectivity index (χ0n) is 10.5. The highest BCUT2D eigenvalue weighted by Gasteiger charge is 2.13. The molecular formula is C14H14N4O. The van der Waals surface area contributed by atoms with Crippen molar-refractivity contribution in [3.05, 3.63) is 47.9 Å². The monoisotopic (exact) mass is 254 g/mol. The lowest BCUT2D eigenvalue weighted by Crippen LogP contribution is -1.98. The highest BCUT2D eigenvalue weighted by molar-refractivity contribution is 5.66. The molecule has 0 radical (unpaired) electrons. The zero-order chi connectivity index (χ0) is 13.4. The van der Waals surface area contributed by atoms with Gasteiger partial charge in [-0.15, -0.1) is 0 Å². The van der Waals surface area contributed by atoms with Gasteiger partial charge >= 0.3 is 0 Å². The number of hydrogen-bond acceptors (Lipinski definition) is 4. The van der Waals surface area contributed by atoms with Crippen molar-refractivity contribution in [2.45, 2.75) is 13.5 Å². The Morgan fingerprint density at radius 3 is 2.68 bits per heavy atom. The number of aliphatic hydroxyl groups excluding tert-OH is 1. The highest BCUT2D eigenvalue weighted by Crippen LogP contribution is 2.25. The van der Waals surface area contributed by atoms with E-state index in [4.69, 9.17) is 5.73 Å². The van der Waals surface area contributed by atoms with Gasteiger partial charge in [-0.1, -0.05) is 29.8 Å². The number of nitrogens with zero attached hydrogens (tertiary/aromatic N) is 3. The minimum atomic E-state index is -0.103. The number of aromatic nitrogens is 3. The van der Waals surface area contributed by atoms with Crippen LogP contribution in [0.3, 0.4) is 0 Å². The molecule has 5 nitrogen and oxygen atoms in total. The van der Waals surface area contributed by atoms with Gasteiger partial charge in [0.25, 0.3) is 0 Å². The van der Waals surface area contributed by atoms with Crippen LogP contribution in [0.1, 0.15) is 11.3 Å². The summed E-state index contributed by atoms with van der Waals surface area (Å²) < 4.78 is 1.78. The van der Waals surface area contributed by atoms with Crippen molar-refractivity contribution < 1.29 is 5.11 Å². The van der Waals surface area contributed by atoms with Crippen LogP contribution >= 0.6 is 0 Å². The van der Waals surface area contributed by atoms with Gasteiger partial charge in [-0.2, -0.15) is 0 Å². The summed E-state index contributed by atoms with van der Waals surface area (Å²) in [6, 6.07) is 8.03. The largest absolute Gasteiger partial charge is 0.390 e. The second-order valence-electron chi connectivity index (χ2n) is 4.47. The Morgan fingerprint density at radius 1 is 1.26 bits per heavy atom. The smallest absolute Gasteiger partial charge is 0.156 e. The molecule has 1 aromatic carbocycles. The number of fused-ring (bicyclic) bond motifs is 1. The standard InChI is InChI=1S/C14H14N4O/c1-9-2-4-10(5-3-9)14-11(8-19)18-7-12(15)16-6-13(18)17-14/h2-7,19H,8,15H2,1H3. The lowest BCUT2D eigenvalue weighted by molar-refractivity contribution is 0.276. The van der Waals surface area contributed by atoms with Crippen molar-refractivity contribution in [3.63, 3.8) is 0 Å². The van der Waals surface area contributed by atoms with Gasteiger partial charge in [-0.3, -0.25) is 4.40 Å². The Balaban J connectivity index is 2.25. The van der Waals surface area contributed by atoms with Crippen molar-refractivity contribution in [1.82, 2.24) is 14.4 Å². The Bertz CT molecular complexity index is 731. The molecular weight excluding hydrogens is 240 g/mol. The van der Waals surface area contributed by atoms with E-state index in [-0.39, 0.29) is 6.61 Å². The second kappa shape index (κ2) is 4.37. The first-order valence-corrected chi connectivity index (χ1v) is 5.99. The highest BCUT2D eigenvalue weighted by atomic mass is 16.3. The fourth-order valence-corrected chi connectivity index (χ4v) is 2.11. The van der Waals surface area contributed by atoms with Crippen molar-refractivity contribution in [2.75, 3.05) is 5.73 Å². The van der Waals surface area contributed by atoms with E-state index in [0.29, 0.717) is 17.2 Å². The van der Waals surface area contributed by atoms with E-state index in [2.05, 4.69) is 9.97 Å². The van der Waals surface area contributed by atoms with Crippen molar-refractivity contribution in [3.8, 4) is 11.3 Å². The van der Waals surface area contributed by atoms with Crippen molar-refractivity contribution in [1.29, 1.82) is 0 Å². The van der Waals surface area contributed by atoms with E-state index in [9.17, 15) is 5.11 Å². The third-order valence-electron chi connectivity index (χ3n) is 3.10. The zero-order valence-corrected chi connectivity index (χ0v) is 10.5. The van der Waals surface area contributed by atoms with E-state index in [1.165, 1.54) is 5.56 Å². The average molecular weight is 254 g/mol. The molecule has 0 spiro atoms. The Morgan fingerprint density at radius 2 is 2.00 bits per heavy atom. The number of nitrogen functional groups attached to an aromatic ring is 1. The summed E-state index contributed by atoms with van der Waals surface area (Å²) in [5.41, 5.74) is 9.98. The van der Waals surface area contributed by atoms with Crippen LogP contribution in [-0.2, 0) is 6.61 Å². The molecule has 0 fully saturated rings. The molecule has 96 valence electrons. The SMILES string of the molecule is Cc1ccc(-c2nc3cnc(N)cn3c2CO)cc1. The first-order chi connectivity index (χ1) is 9.19. The Labute approximate surface area is 110 Å². The van der Waals surface area contributed by atoms with Gasteiger partial charge < -0.3 is 10.8 Å². The molecule has 0 aliphatic carbocycles. The van der Waals surface area contributed by atoms with Crippen LogP contribution in [0.15, 0.2) is 36.7 Å². The summed E-state index contributed by atoms with van der Waals surface area (Å²) in [4.78, 5) is 8.53. The summed E-state index contributed by atoms with van der Waals surface area (Å²) in [7, 11) is 0. The van der Waals surface area contributed by atoms with Gasteiger partial charge in [0, 0.05) is 5.56 Å². The molecule has 0 aliphatic rings. The number of aryl methyl sites for hydroxylation is 1. The number of rotatable bonds is 2. The van der Waals surface area contributed by atoms with E-state index < -0.39 is 0 Å².